The zero-order valence-corrected chi connectivity index (χ0v) is 11.9. The molecule has 0 amide bonds. The van der Waals surface area contributed by atoms with E-state index in [0.29, 0.717) is 28.0 Å². The van der Waals surface area contributed by atoms with Crippen LogP contribution < -0.4 is 11.1 Å². The summed E-state index contributed by atoms with van der Waals surface area (Å²) in [7, 11) is 0. The molecule has 0 heterocycles. The summed E-state index contributed by atoms with van der Waals surface area (Å²) in [6.45, 7) is 0.432. The van der Waals surface area contributed by atoms with Crippen molar-refractivity contribution < 1.29 is 9.90 Å². The number of carbonyl (C=O) groups is 1. The van der Waals surface area contributed by atoms with Crippen molar-refractivity contribution in [2.75, 3.05) is 11.1 Å². The molecule has 0 aliphatic carbocycles. The van der Waals surface area contributed by atoms with E-state index in [1.807, 2.05) is 6.07 Å². The van der Waals surface area contributed by atoms with Gasteiger partial charge in [-0.3, -0.25) is 0 Å². The van der Waals surface area contributed by atoms with E-state index in [0.717, 1.165) is 5.56 Å². The van der Waals surface area contributed by atoms with Gasteiger partial charge in [-0.2, -0.15) is 0 Å². The van der Waals surface area contributed by atoms with Crippen LogP contribution in [0.4, 0.5) is 11.4 Å². The fourth-order valence-corrected chi connectivity index (χ4v) is 2.06. The van der Waals surface area contributed by atoms with E-state index < -0.39 is 5.97 Å². The van der Waals surface area contributed by atoms with E-state index in [2.05, 4.69) is 5.32 Å². The Labute approximate surface area is 126 Å². The van der Waals surface area contributed by atoms with Crippen molar-refractivity contribution in [3.8, 4) is 0 Å². The van der Waals surface area contributed by atoms with E-state index in [4.69, 9.17) is 34.0 Å². The van der Waals surface area contributed by atoms with Crippen LogP contribution in [0.15, 0.2) is 36.4 Å². The molecule has 0 aromatic heterocycles. The van der Waals surface area contributed by atoms with Gasteiger partial charge in [-0.05, 0) is 35.9 Å². The van der Waals surface area contributed by atoms with Crippen molar-refractivity contribution in [3.63, 3.8) is 0 Å². The summed E-state index contributed by atoms with van der Waals surface area (Å²) in [6, 6.07) is 9.94. The summed E-state index contributed by atoms with van der Waals surface area (Å²) < 4.78 is 0. The predicted octanol–water partition coefficient (Wildman–Crippen LogP) is 3.89. The number of carboxylic acid groups (broad SMARTS) is 1. The number of benzene rings is 2. The summed E-state index contributed by atoms with van der Waals surface area (Å²) in [5.41, 5.74) is 7.51. The van der Waals surface area contributed by atoms with Gasteiger partial charge in [-0.1, -0.05) is 29.3 Å². The first kappa shape index (κ1) is 14.5. The number of hydrogen-bond donors (Lipinski definition) is 3. The molecule has 6 heteroatoms. The Morgan fingerprint density at radius 3 is 2.55 bits per heavy atom. The molecule has 0 unspecified atom stereocenters. The lowest BCUT2D eigenvalue weighted by Gasteiger charge is -2.11. The summed E-state index contributed by atoms with van der Waals surface area (Å²) >= 11 is 11.8. The number of hydrogen-bond acceptors (Lipinski definition) is 3. The average molecular weight is 311 g/mol. The molecule has 4 N–H and O–H groups in total. The third-order valence-electron chi connectivity index (χ3n) is 2.74. The predicted molar refractivity (Wildman–Crippen MR) is 81.6 cm³/mol. The maximum atomic E-state index is 11.1. The molecule has 0 bridgehead atoms. The summed E-state index contributed by atoms with van der Waals surface area (Å²) in [4.78, 5) is 11.1. The molecule has 0 aliphatic heterocycles. The van der Waals surface area contributed by atoms with Crippen molar-refractivity contribution in [1.29, 1.82) is 0 Å². The van der Waals surface area contributed by atoms with Crippen LogP contribution in [0, 0.1) is 0 Å². The fourth-order valence-electron chi connectivity index (χ4n) is 1.74. The Morgan fingerprint density at radius 2 is 1.90 bits per heavy atom. The standard InChI is InChI=1S/C14H12Cl2N2O2/c15-11-3-1-8(5-12(11)16)7-18-13-4-2-9(17)6-10(13)14(19)20/h1-6,18H,7,17H2,(H,19,20). The van der Waals surface area contributed by atoms with Crippen LogP contribution in [0.2, 0.25) is 10.0 Å². The largest absolute Gasteiger partial charge is 0.478 e. The lowest BCUT2D eigenvalue weighted by Crippen LogP contribution is -2.07. The maximum absolute atomic E-state index is 11.1. The van der Waals surface area contributed by atoms with Gasteiger partial charge < -0.3 is 16.2 Å². The van der Waals surface area contributed by atoms with Gasteiger partial charge in [0.15, 0.2) is 0 Å². The maximum Gasteiger partial charge on any atom is 0.337 e. The molecule has 2 aromatic carbocycles. The fraction of sp³-hybridized carbons (Fsp3) is 0.0714. The minimum Gasteiger partial charge on any atom is -0.478 e. The highest BCUT2D eigenvalue weighted by atomic mass is 35.5. The molecule has 4 nitrogen and oxygen atoms in total. The molecule has 0 radical (unpaired) electrons. The third kappa shape index (κ3) is 3.35. The van der Waals surface area contributed by atoms with Gasteiger partial charge in [0.2, 0.25) is 0 Å². The number of anilines is 2. The quantitative estimate of drug-likeness (QED) is 0.749. The van der Waals surface area contributed by atoms with E-state index in [9.17, 15) is 4.79 Å². The lowest BCUT2D eigenvalue weighted by molar-refractivity contribution is 0.0698. The second-order valence-corrected chi connectivity index (χ2v) is 5.03. The lowest BCUT2D eigenvalue weighted by atomic mass is 10.1. The number of rotatable bonds is 4. The Bertz CT molecular complexity index is 660. The highest BCUT2D eigenvalue weighted by molar-refractivity contribution is 6.42. The van der Waals surface area contributed by atoms with Crippen LogP contribution in [0.5, 0.6) is 0 Å². The number of aromatic carboxylic acids is 1. The van der Waals surface area contributed by atoms with Crippen molar-refractivity contribution >= 4 is 40.5 Å². The van der Waals surface area contributed by atoms with Crippen LogP contribution in [-0.2, 0) is 6.54 Å². The first-order valence-corrected chi connectivity index (χ1v) is 6.53. The molecule has 0 spiro atoms. The average Bonchev–Trinajstić information content (AvgIpc) is 2.41. The Morgan fingerprint density at radius 1 is 1.15 bits per heavy atom. The number of nitrogen functional groups attached to an aromatic ring is 1. The molecule has 20 heavy (non-hydrogen) atoms. The summed E-state index contributed by atoms with van der Waals surface area (Å²) in [5, 5.41) is 13.1. The minimum atomic E-state index is -1.03. The van der Waals surface area contributed by atoms with Crippen molar-refractivity contribution in [2.45, 2.75) is 6.54 Å². The molecule has 0 fully saturated rings. The van der Waals surface area contributed by atoms with Crippen molar-refractivity contribution in [3.05, 3.63) is 57.6 Å². The first-order valence-electron chi connectivity index (χ1n) is 5.78. The molecule has 0 saturated carbocycles. The van der Waals surface area contributed by atoms with Gasteiger partial charge in [0.1, 0.15) is 0 Å². The van der Waals surface area contributed by atoms with Crippen LogP contribution in [0.3, 0.4) is 0 Å². The van der Waals surface area contributed by atoms with Crippen LogP contribution >= 0.6 is 23.2 Å². The van der Waals surface area contributed by atoms with Crippen LogP contribution in [0.25, 0.3) is 0 Å². The van der Waals surface area contributed by atoms with Gasteiger partial charge >= 0.3 is 5.97 Å². The van der Waals surface area contributed by atoms with Crippen molar-refractivity contribution in [2.24, 2.45) is 0 Å². The molecule has 104 valence electrons. The zero-order chi connectivity index (χ0) is 14.7. The van der Waals surface area contributed by atoms with Crippen molar-refractivity contribution in [1.82, 2.24) is 0 Å². The van der Waals surface area contributed by atoms with E-state index in [1.165, 1.54) is 6.07 Å². The Hall–Kier alpha value is -1.91. The number of nitrogens with one attached hydrogen (secondary N) is 1. The number of nitrogens with two attached hydrogens (primary N) is 1. The van der Waals surface area contributed by atoms with Gasteiger partial charge in [0.25, 0.3) is 0 Å². The molecule has 0 saturated heterocycles. The smallest absolute Gasteiger partial charge is 0.337 e. The Balaban J connectivity index is 2.18. The second-order valence-electron chi connectivity index (χ2n) is 4.21. The van der Waals surface area contributed by atoms with Gasteiger partial charge in [0.05, 0.1) is 15.6 Å². The SMILES string of the molecule is Nc1ccc(NCc2ccc(Cl)c(Cl)c2)c(C(=O)O)c1. The van der Waals surface area contributed by atoms with Gasteiger partial charge in [-0.25, -0.2) is 4.79 Å². The van der Waals surface area contributed by atoms with Gasteiger partial charge in [0, 0.05) is 17.9 Å². The van der Waals surface area contributed by atoms with E-state index >= 15 is 0 Å². The zero-order valence-electron chi connectivity index (χ0n) is 10.4. The number of carboxylic acids is 1. The van der Waals surface area contributed by atoms with Crippen LogP contribution in [-0.4, -0.2) is 11.1 Å². The normalized spacial score (nSPS) is 10.3. The first-order chi connectivity index (χ1) is 9.47. The summed E-state index contributed by atoms with van der Waals surface area (Å²) in [6.07, 6.45) is 0. The Kier molecular flexibility index (Phi) is 4.37. The molecular formula is C14H12Cl2N2O2. The third-order valence-corrected chi connectivity index (χ3v) is 3.48. The van der Waals surface area contributed by atoms with Gasteiger partial charge in [-0.15, -0.1) is 0 Å². The molecule has 2 rings (SSSR count). The topological polar surface area (TPSA) is 75.3 Å². The molecule has 0 aliphatic rings. The summed E-state index contributed by atoms with van der Waals surface area (Å²) in [5.74, 6) is -1.03. The minimum absolute atomic E-state index is 0.130. The molecular weight excluding hydrogens is 299 g/mol. The molecule has 2 aromatic rings. The highest BCUT2D eigenvalue weighted by Gasteiger charge is 2.10. The second kappa shape index (κ2) is 6.03. The highest BCUT2D eigenvalue weighted by Crippen LogP contribution is 2.24. The van der Waals surface area contributed by atoms with Crippen LogP contribution in [0.1, 0.15) is 15.9 Å². The monoisotopic (exact) mass is 310 g/mol. The number of halogens is 2. The molecule has 0 atom stereocenters. The van der Waals surface area contributed by atoms with E-state index in [-0.39, 0.29) is 5.56 Å². The van der Waals surface area contributed by atoms with E-state index in [1.54, 1.807) is 24.3 Å².